The number of nitrogens with zero attached hydrogens (tertiary/aromatic N) is 2. The lowest BCUT2D eigenvalue weighted by Gasteiger charge is -2.21. The summed E-state index contributed by atoms with van der Waals surface area (Å²) in [6.07, 6.45) is 4.49. The van der Waals surface area contributed by atoms with E-state index in [1.807, 2.05) is 25.1 Å². The van der Waals surface area contributed by atoms with Crippen LogP contribution in [0.4, 0.5) is 0 Å². The van der Waals surface area contributed by atoms with Gasteiger partial charge in [-0.3, -0.25) is 14.2 Å². The predicted molar refractivity (Wildman–Crippen MR) is 119 cm³/mol. The smallest absolute Gasteiger partial charge is 0.262 e. The molecule has 1 aromatic carbocycles. The molecule has 0 radical (unpaired) electrons. The fourth-order valence-electron chi connectivity index (χ4n) is 4.33. The van der Waals surface area contributed by atoms with Gasteiger partial charge in [0.15, 0.2) is 11.5 Å². The van der Waals surface area contributed by atoms with Gasteiger partial charge in [-0.1, -0.05) is 13.0 Å². The summed E-state index contributed by atoms with van der Waals surface area (Å²) in [7, 11) is 0. The van der Waals surface area contributed by atoms with Crippen LogP contribution in [0.3, 0.4) is 0 Å². The van der Waals surface area contributed by atoms with Gasteiger partial charge in [-0.2, -0.15) is 0 Å². The molecule has 1 aliphatic carbocycles. The van der Waals surface area contributed by atoms with Gasteiger partial charge in [-0.25, -0.2) is 4.98 Å². The number of nitrogens with one attached hydrogen (secondary N) is 1. The number of benzene rings is 1. The zero-order chi connectivity index (χ0) is 21.5. The van der Waals surface area contributed by atoms with Crippen LogP contribution >= 0.6 is 11.3 Å². The number of fused-ring (bicyclic) bond motifs is 4. The lowest BCUT2D eigenvalue weighted by atomic mass is 9.89. The highest BCUT2D eigenvalue weighted by Gasteiger charge is 2.24. The number of ether oxygens (including phenoxy) is 2. The molecule has 0 fully saturated rings. The zero-order valence-electron chi connectivity index (χ0n) is 17.6. The van der Waals surface area contributed by atoms with E-state index in [2.05, 4.69) is 17.2 Å². The normalized spacial score (nSPS) is 18.5. The Hall–Kier alpha value is -2.87. The van der Waals surface area contributed by atoms with Gasteiger partial charge in [0.2, 0.25) is 5.91 Å². The van der Waals surface area contributed by atoms with Gasteiger partial charge in [0.25, 0.3) is 5.56 Å². The SMILES string of the molecule is CC1CCc2c(sc3ncn(CC(=O)NC(C)c4ccc5c(c4)OCCO5)c(=O)c23)C1. The molecule has 0 saturated carbocycles. The monoisotopic (exact) mass is 439 g/mol. The summed E-state index contributed by atoms with van der Waals surface area (Å²) in [5.41, 5.74) is 1.92. The van der Waals surface area contributed by atoms with Crippen LogP contribution in [-0.4, -0.2) is 28.7 Å². The third-order valence-electron chi connectivity index (χ3n) is 6.04. The highest BCUT2D eigenvalue weighted by Crippen LogP contribution is 2.35. The lowest BCUT2D eigenvalue weighted by Crippen LogP contribution is -2.34. The summed E-state index contributed by atoms with van der Waals surface area (Å²) < 4.78 is 12.6. The van der Waals surface area contributed by atoms with Crippen molar-refractivity contribution in [2.24, 2.45) is 5.92 Å². The molecule has 2 aromatic heterocycles. The van der Waals surface area contributed by atoms with Crippen molar-refractivity contribution in [1.82, 2.24) is 14.9 Å². The van der Waals surface area contributed by atoms with E-state index in [0.717, 1.165) is 35.2 Å². The largest absolute Gasteiger partial charge is 0.486 e. The molecule has 0 saturated heterocycles. The van der Waals surface area contributed by atoms with E-state index < -0.39 is 0 Å². The number of hydrogen-bond acceptors (Lipinski definition) is 6. The molecule has 7 nitrogen and oxygen atoms in total. The second kappa shape index (κ2) is 8.00. The maximum Gasteiger partial charge on any atom is 0.262 e. The zero-order valence-corrected chi connectivity index (χ0v) is 18.5. The van der Waals surface area contributed by atoms with E-state index in [1.54, 1.807) is 11.3 Å². The highest BCUT2D eigenvalue weighted by molar-refractivity contribution is 7.18. The summed E-state index contributed by atoms with van der Waals surface area (Å²) >= 11 is 1.62. The van der Waals surface area contributed by atoms with Crippen LogP contribution in [0.5, 0.6) is 11.5 Å². The van der Waals surface area contributed by atoms with E-state index in [9.17, 15) is 9.59 Å². The van der Waals surface area contributed by atoms with Gasteiger partial charge < -0.3 is 14.8 Å². The topological polar surface area (TPSA) is 82.5 Å². The first-order valence-electron chi connectivity index (χ1n) is 10.7. The predicted octanol–water partition coefficient (Wildman–Crippen LogP) is 3.23. The molecule has 0 bridgehead atoms. The van der Waals surface area contributed by atoms with Gasteiger partial charge in [0.1, 0.15) is 24.6 Å². The number of amides is 1. The Labute approximate surface area is 184 Å². The van der Waals surface area contributed by atoms with Crippen molar-refractivity contribution in [3.05, 3.63) is 50.9 Å². The molecule has 162 valence electrons. The van der Waals surface area contributed by atoms with Crippen molar-refractivity contribution in [2.45, 2.75) is 45.7 Å². The van der Waals surface area contributed by atoms with Gasteiger partial charge in [0.05, 0.1) is 17.8 Å². The molecule has 5 rings (SSSR count). The average molecular weight is 440 g/mol. The van der Waals surface area contributed by atoms with Gasteiger partial charge in [0, 0.05) is 4.88 Å². The summed E-state index contributed by atoms with van der Waals surface area (Å²) in [6.45, 7) is 5.15. The molecule has 2 atom stereocenters. The van der Waals surface area contributed by atoms with E-state index in [-0.39, 0.29) is 24.1 Å². The fraction of sp³-hybridized carbons (Fsp3) is 0.435. The van der Waals surface area contributed by atoms with Crippen LogP contribution in [-0.2, 0) is 24.2 Å². The van der Waals surface area contributed by atoms with E-state index in [1.165, 1.54) is 15.8 Å². The van der Waals surface area contributed by atoms with Crippen molar-refractivity contribution in [3.63, 3.8) is 0 Å². The van der Waals surface area contributed by atoms with Crippen LogP contribution in [0.1, 0.15) is 42.3 Å². The molecule has 8 heteroatoms. The number of carbonyl (C=O) groups is 1. The van der Waals surface area contributed by atoms with Crippen molar-refractivity contribution >= 4 is 27.5 Å². The third kappa shape index (κ3) is 3.80. The molecule has 3 heterocycles. The molecular weight excluding hydrogens is 414 g/mol. The first-order chi connectivity index (χ1) is 15.0. The van der Waals surface area contributed by atoms with E-state index >= 15 is 0 Å². The van der Waals surface area contributed by atoms with Crippen LogP contribution in [0.15, 0.2) is 29.3 Å². The van der Waals surface area contributed by atoms with Crippen molar-refractivity contribution < 1.29 is 14.3 Å². The lowest BCUT2D eigenvalue weighted by molar-refractivity contribution is -0.122. The summed E-state index contributed by atoms with van der Waals surface area (Å²) in [6, 6.07) is 5.43. The van der Waals surface area contributed by atoms with Crippen LogP contribution in [0.2, 0.25) is 0 Å². The Morgan fingerprint density at radius 1 is 1.32 bits per heavy atom. The minimum atomic E-state index is -0.233. The molecule has 31 heavy (non-hydrogen) atoms. The number of carbonyl (C=O) groups excluding carboxylic acids is 1. The van der Waals surface area contributed by atoms with Crippen LogP contribution in [0, 0.1) is 5.92 Å². The van der Waals surface area contributed by atoms with Crippen LogP contribution in [0.25, 0.3) is 10.2 Å². The summed E-state index contributed by atoms with van der Waals surface area (Å²) in [5.74, 6) is 1.80. The van der Waals surface area contributed by atoms with E-state index in [0.29, 0.717) is 36.0 Å². The standard InChI is InChI=1S/C23H25N3O4S/c1-13-3-5-16-19(9-13)31-22-21(16)23(28)26(12-24-22)11-20(27)25-14(2)15-4-6-17-18(10-15)30-8-7-29-17/h4,6,10,12-14H,3,5,7-9,11H2,1-2H3,(H,25,27). The van der Waals surface area contributed by atoms with Gasteiger partial charge in [-0.15, -0.1) is 11.3 Å². The first kappa shape index (κ1) is 20.1. The number of thiophene rings is 1. The molecule has 1 amide bonds. The van der Waals surface area contributed by atoms with Gasteiger partial charge in [-0.05, 0) is 55.4 Å². The van der Waals surface area contributed by atoms with Gasteiger partial charge >= 0.3 is 0 Å². The summed E-state index contributed by atoms with van der Waals surface area (Å²) in [5, 5.41) is 3.66. The highest BCUT2D eigenvalue weighted by atomic mass is 32.1. The Balaban J connectivity index is 1.33. The minimum absolute atomic E-state index is 0.0578. The maximum absolute atomic E-state index is 13.1. The molecule has 1 N–H and O–H groups in total. The maximum atomic E-state index is 13.1. The Bertz CT molecular complexity index is 1220. The fourth-order valence-corrected chi connectivity index (χ4v) is 5.67. The second-order valence-corrected chi connectivity index (χ2v) is 9.49. The molecule has 2 unspecified atom stereocenters. The van der Waals surface area contributed by atoms with Crippen LogP contribution < -0.4 is 20.3 Å². The first-order valence-corrected chi connectivity index (χ1v) is 11.5. The Morgan fingerprint density at radius 2 is 2.13 bits per heavy atom. The Morgan fingerprint density at radius 3 is 2.97 bits per heavy atom. The molecule has 3 aromatic rings. The quantitative estimate of drug-likeness (QED) is 0.675. The number of aryl methyl sites for hydroxylation is 1. The van der Waals surface area contributed by atoms with Crippen molar-refractivity contribution in [3.8, 4) is 11.5 Å². The van der Waals surface area contributed by atoms with Crippen molar-refractivity contribution in [2.75, 3.05) is 13.2 Å². The number of aromatic nitrogens is 2. The average Bonchev–Trinajstić information content (AvgIpc) is 3.13. The molecule has 0 spiro atoms. The second-order valence-electron chi connectivity index (χ2n) is 8.40. The minimum Gasteiger partial charge on any atom is -0.486 e. The molecule has 1 aliphatic heterocycles. The Kier molecular flexibility index (Phi) is 5.17. The summed E-state index contributed by atoms with van der Waals surface area (Å²) in [4.78, 5) is 32.3. The molecular formula is C23H25N3O4S. The number of rotatable bonds is 4. The number of hydrogen-bond donors (Lipinski definition) is 1. The van der Waals surface area contributed by atoms with E-state index in [4.69, 9.17) is 9.47 Å². The molecule has 2 aliphatic rings. The third-order valence-corrected chi connectivity index (χ3v) is 7.20. The van der Waals surface area contributed by atoms with Crippen molar-refractivity contribution in [1.29, 1.82) is 0 Å².